The Labute approximate surface area is 161 Å². The molecule has 0 spiro atoms. The highest BCUT2D eigenvalue weighted by Gasteiger charge is 2.59. The molecule has 4 heteroatoms. The average Bonchev–Trinajstić information content (AvgIpc) is 2.86. The fourth-order valence-corrected chi connectivity index (χ4v) is 7.38. The second-order valence-electron chi connectivity index (χ2n) is 9.66. The van der Waals surface area contributed by atoms with Gasteiger partial charge in [0.2, 0.25) is 0 Å². The number of nitriles is 1. The topological polar surface area (TPSA) is 23.8 Å². The van der Waals surface area contributed by atoms with Gasteiger partial charge in [0.05, 0.1) is 12.5 Å². The number of alkyl halides is 3. The third-order valence-corrected chi connectivity index (χ3v) is 8.12. The van der Waals surface area contributed by atoms with Crippen LogP contribution in [0.5, 0.6) is 0 Å². The molecule has 1 nitrogen and oxygen atoms in total. The van der Waals surface area contributed by atoms with Crippen LogP contribution in [0.4, 0.5) is 13.2 Å². The van der Waals surface area contributed by atoms with E-state index in [0.29, 0.717) is 29.2 Å². The van der Waals surface area contributed by atoms with Crippen LogP contribution < -0.4 is 0 Å². The second-order valence-corrected chi connectivity index (χ2v) is 9.66. The monoisotopic (exact) mass is 379 g/mol. The third kappa shape index (κ3) is 3.36. The van der Waals surface area contributed by atoms with Gasteiger partial charge < -0.3 is 0 Å². The number of rotatable bonds is 3. The van der Waals surface area contributed by atoms with Gasteiger partial charge in [0.15, 0.2) is 0 Å². The van der Waals surface area contributed by atoms with Gasteiger partial charge in [-0.1, -0.05) is 51.3 Å². The zero-order valence-corrected chi connectivity index (χ0v) is 17.0. The third-order valence-electron chi connectivity index (χ3n) is 8.12. The highest BCUT2D eigenvalue weighted by atomic mass is 19.4. The van der Waals surface area contributed by atoms with Crippen LogP contribution in [-0.2, 0) is 0 Å². The maximum Gasteiger partial charge on any atom is 0.392 e. The molecule has 0 aromatic rings. The van der Waals surface area contributed by atoms with E-state index < -0.39 is 12.6 Å². The van der Waals surface area contributed by atoms with Crippen LogP contribution in [0, 0.1) is 45.8 Å². The van der Waals surface area contributed by atoms with Crippen molar-refractivity contribution < 1.29 is 13.2 Å². The van der Waals surface area contributed by atoms with E-state index in [2.05, 4.69) is 33.8 Å². The summed E-state index contributed by atoms with van der Waals surface area (Å²) < 4.78 is 39.8. The molecule has 5 unspecified atom stereocenters. The Balaban J connectivity index is 2.02. The standard InChI is InChI=1S/C23H32F3N/c1-5-11-21(3)17(14-23(24,25)26)6-8-18-19-9-7-16(10-12-27)22(19,4)13-15(2)20(18)21/h6,10,15,18-20H,5,7-9,11,13-14H2,1-4H3/b16-10-/t15-,18?,19?,20?,21?,22?/m0/s1. The summed E-state index contributed by atoms with van der Waals surface area (Å²) >= 11 is 0. The highest BCUT2D eigenvalue weighted by Crippen LogP contribution is 2.67. The zero-order valence-electron chi connectivity index (χ0n) is 17.0. The smallest absolute Gasteiger partial charge is 0.193 e. The average molecular weight is 380 g/mol. The predicted octanol–water partition coefficient (Wildman–Crippen LogP) is 7.21. The first-order valence-corrected chi connectivity index (χ1v) is 10.4. The molecule has 3 aliphatic carbocycles. The Hall–Kier alpha value is -1.24. The van der Waals surface area contributed by atoms with Gasteiger partial charge in [0.1, 0.15) is 0 Å². The minimum absolute atomic E-state index is 0.0405. The summed E-state index contributed by atoms with van der Waals surface area (Å²) in [6.07, 6.45) is 4.30. The van der Waals surface area contributed by atoms with E-state index in [-0.39, 0.29) is 10.8 Å². The molecule has 0 bridgehead atoms. The van der Waals surface area contributed by atoms with E-state index in [1.54, 1.807) is 6.08 Å². The molecular formula is C23H32F3N. The van der Waals surface area contributed by atoms with Crippen molar-refractivity contribution in [3.63, 3.8) is 0 Å². The van der Waals surface area contributed by atoms with Crippen molar-refractivity contribution in [3.05, 3.63) is 23.3 Å². The molecule has 2 saturated carbocycles. The van der Waals surface area contributed by atoms with Crippen LogP contribution in [0.3, 0.4) is 0 Å². The van der Waals surface area contributed by atoms with E-state index >= 15 is 0 Å². The van der Waals surface area contributed by atoms with Gasteiger partial charge in [-0.15, -0.1) is 0 Å². The molecule has 27 heavy (non-hydrogen) atoms. The maximum atomic E-state index is 13.3. The lowest BCUT2D eigenvalue weighted by atomic mass is 9.46. The number of nitrogens with zero attached hydrogens (tertiary/aromatic N) is 1. The molecule has 0 saturated heterocycles. The summed E-state index contributed by atoms with van der Waals surface area (Å²) in [6.45, 7) is 8.73. The fourth-order valence-electron chi connectivity index (χ4n) is 7.38. The zero-order chi connectivity index (χ0) is 20.0. The Bertz CT molecular complexity index is 683. The van der Waals surface area contributed by atoms with Crippen molar-refractivity contribution in [2.24, 2.45) is 34.5 Å². The van der Waals surface area contributed by atoms with Gasteiger partial charge in [-0.25, -0.2) is 0 Å². The Morgan fingerprint density at radius 3 is 2.63 bits per heavy atom. The fraction of sp³-hybridized carbons (Fsp3) is 0.783. The molecule has 3 aliphatic rings. The van der Waals surface area contributed by atoms with Crippen molar-refractivity contribution in [1.82, 2.24) is 0 Å². The lowest BCUT2D eigenvalue weighted by Gasteiger charge is -2.58. The van der Waals surface area contributed by atoms with Gasteiger partial charge in [0.25, 0.3) is 0 Å². The van der Waals surface area contributed by atoms with Crippen molar-refractivity contribution in [2.75, 3.05) is 0 Å². The van der Waals surface area contributed by atoms with Crippen molar-refractivity contribution in [3.8, 4) is 6.07 Å². The van der Waals surface area contributed by atoms with E-state index in [1.807, 2.05) is 6.08 Å². The summed E-state index contributed by atoms with van der Waals surface area (Å²) in [5.41, 5.74) is 1.57. The Morgan fingerprint density at radius 1 is 1.33 bits per heavy atom. The summed E-state index contributed by atoms with van der Waals surface area (Å²) in [4.78, 5) is 0. The van der Waals surface area contributed by atoms with Crippen molar-refractivity contribution in [2.45, 2.75) is 78.8 Å². The summed E-state index contributed by atoms with van der Waals surface area (Å²) in [5, 5.41) is 9.18. The number of allylic oxidation sites excluding steroid dienone is 4. The molecule has 0 heterocycles. The molecule has 0 amide bonds. The first-order chi connectivity index (χ1) is 12.6. The predicted molar refractivity (Wildman–Crippen MR) is 102 cm³/mol. The minimum Gasteiger partial charge on any atom is -0.193 e. The van der Waals surface area contributed by atoms with E-state index in [1.165, 1.54) is 5.57 Å². The van der Waals surface area contributed by atoms with Crippen LogP contribution in [-0.4, -0.2) is 6.18 Å². The first-order valence-electron chi connectivity index (χ1n) is 10.4. The second kappa shape index (κ2) is 6.98. The lowest BCUT2D eigenvalue weighted by molar-refractivity contribution is -0.135. The van der Waals surface area contributed by atoms with Gasteiger partial charge in [-0.05, 0) is 66.6 Å². The van der Waals surface area contributed by atoms with Crippen LogP contribution >= 0.6 is 0 Å². The molecule has 0 aromatic heterocycles. The van der Waals surface area contributed by atoms with Gasteiger partial charge >= 0.3 is 6.18 Å². The molecule has 0 radical (unpaired) electrons. The first kappa shape index (κ1) is 20.5. The largest absolute Gasteiger partial charge is 0.392 e. The summed E-state index contributed by atoms with van der Waals surface area (Å²) in [7, 11) is 0. The minimum atomic E-state index is -4.14. The summed E-state index contributed by atoms with van der Waals surface area (Å²) in [6, 6.07) is 2.23. The molecule has 2 fully saturated rings. The number of halogens is 3. The van der Waals surface area contributed by atoms with Gasteiger partial charge in [-0.2, -0.15) is 18.4 Å². The van der Waals surface area contributed by atoms with Crippen LogP contribution in [0.25, 0.3) is 0 Å². The Kier molecular flexibility index (Phi) is 5.30. The molecular weight excluding hydrogens is 347 g/mol. The molecule has 3 rings (SSSR count). The molecule has 0 aliphatic heterocycles. The Morgan fingerprint density at radius 2 is 2.04 bits per heavy atom. The van der Waals surface area contributed by atoms with E-state index in [4.69, 9.17) is 0 Å². The van der Waals surface area contributed by atoms with Gasteiger partial charge in [-0.3, -0.25) is 0 Å². The van der Waals surface area contributed by atoms with Crippen LogP contribution in [0.2, 0.25) is 0 Å². The lowest BCUT2D eigenvalue weighted by Crippen LogP contribution is -2.51. The molecule has 0 aromatic carbocycles. The highest BCUT2D eigenvalue weighted by molar-refractivity contribution is 5.31. The summed E-state index contributed by atoms with van der Waals surface area (Å²) in [5.74, 6) is 1.58. The van der Waals surface area contributed by atoms with Crippen LogP contribution in [0.15, 0.2) is 23.3 Å². The molecule has 150 valence electrons. The van der Waals surface area contributed by atoms with Gasteiger partial charge in [0, 0.05) is 6.08 Å². The number of hydrogen-bond donors (Lipinski definition) is 0. The maximum absolute atomic E-state index is 13.3. The molecule has 0 N–H and O–H groups in total. The van der Waals surface area contributed by atoms with E-state index in [0.717, 1.165) is 38.5 Å². The SMILES string of the molecule is CCCC1(C)C(CC(F)(F)F)=CCC2C1[C@@H](C)CC1(C)/C(=C\C#N)CCC21. The molecule has 6 atom stereocenters. The van der Waals surface area contributed by atoms with Crippen molar-refractivity contribution >= 4 is 0 Å². The quantitative estimate of drug-likeness (QED) is 0.375. The normalized spacial score (nSPS) is 43.0. The number of fused-ring (bicyclic) bond motifs is 3. The van der Waals surface area contributed by atoms with E-state index in [9.17, 15) is 18.4 Å². The van der Waals surface area contributed by atoms with Crippen LogP contribution in [0.1, 0.15) is 72.6 Å². The van der Waals surface area contributed by atoms with Crippen molar-refractivity contribution in [1.29, 1.82) is 5.26 Å². The number of hydrogen-bond acceptors (Lipinski definition) is 1.